The number of methoxy groups -OCH3 is 1. The van der Waals surface area contributed by atoms with E-state index >= 15 is 0 Å². The van der Waals surface area contributed by atoms with Gasteiger partial charge in [0.05, 0.1) is 31.6 Å². The van der Waals surface area contributed by atoms with Gasteiger partial charge in [0.1, 0.15) is 5.75 Å². The van der Waals surface area contributed by atoms with Gasteiger partial charge in [-0.3, -0.25) is 0 Å². The van der Waals surface area contributed by atoms with Crippen molar-refractivity contribution in [2.75, 3.05) is 7.11 Å². The largest absolute Gasteiger partial charge is 0.497 e. The fraction of sp³-hybridized carbons (Fsp3) is 0.100. The van der Waals surface area contributed by atoms with Crippen LogP contribution in [-0.4, -0.2) is 16.2 Å². The number of hydrogen-bond acceptors (Lipinski definition) is 2. The highest BCUT2D eigenvalue weighted by Gasteiger charge is 2.21. The normalized spacial score (nSPS) is 10.9. The third-order valence-electron chi connectivity index (χ3n) is 5.98. The fourth-order valence-corrected chi connectivity index (χ4v) is 4.69. The zero-order valence-corrected chi connectivity index (χ0v) is 19.9. The minimum Gasteiger partial charge on any atom is -0.497 e. The van der Waals surface area contributed by atoms with Crippen LogP contribution in [0.15, 0.2) is 115 Å². The van der Waals surface area contributed by atoms with Crippen LogP contribution in [0.25, 0.3) is 22.5 Å². The van der Waals surface area contributed by atoms with E-state index in [4.69, 9.17) is 17.0 Å². The molecule has 0 amide bonds. The molecular weight excluding hydrogens is 436 g/mol. The number of aromatic nitrogens is 2. The van der Waals surface area contributed by atoms with Gasteiger partial charge in [0, 0.05) is 11.1 Å². The molecular formula is C30H26N2OS. The number of benzene rings is 4. The Morgan fingerprint density at radius 1 is 0.588 bits per heavy atom. The van der Waals surface area contributed by atoms with Crippen molar-refractivity contribution in [3.05, 3.63) is 131 Å². The third-order valence-corrected chi connectivity index (χ3v) is 6.42. The summed E-state index contributed by atoms with van der Waals surface area (Å²) in [6.07, 6.45) is 0. The second kappa shape index (κ2) is 9.94. The first-order valence-electron chi connectivity index (χ1n) is 11.4. The van der Waals surface area contributed by atoms with Crippen LogP contribution in [0.5, 0.6) is 5.75 Å². The summed E-state index contributed by atoms with van der Waals surface area (Å²) in [6.45, 7) is 1.36. The first kappa shape index (κ1) is 21.9. The smallest absolute Gasteiger partial charge is 0.181 e. The standard InChI is InChI=1S/C30H26N2OS/c1-33-27-19-11-14-24(20-27)22-32-29(26-17-9-4-10-18-26)28(25-15-7-3-8-16-25)31(30(32)34)21-23-12-5-2-6-13-23/h2-20H,21-22H2,1H3. The molecule has 5 aromatic rings. The van der Waals surface area contributed by atoms with Gasteiger partial charge in [-0.1, -0.05) is 103 Å². The molecule has 0 N–H and O–H groups in total. The van der Waals surface area contributed by atoms with E-state index in [9.17, 15) is 0 Å². The van der Waals surface area contributed by atoms with Crippen molar-refractivity contribution in [3.8, 4) is 28.3 Å². The number of ether oxygens (including phenoxy) is 1. The predicted octanol–water partition coefficient (Wildman–Crippen LogP) is 7.46. The van der Waals surface area contributed by atoms with Gasteiger partial charge >= 0.3 is 0 Å². The van der Waals surface area contributed by atoms with Crippen LogP contribution < -0.4 is 4.74 Å². The highest BCUT2D eigenvalue weighted by molar-refractivity contribution is 7.71. The number of hydrogen-bond donors (Lipinski definition) is 0. The maximum atomic E-state index is 6.15. The molecule has 3 nitrogen and oxygen atoms in total. The van der Waals surface area contributed by atoms with Crippen molar-refractivity contribution in [2.45, 2.75) is 13.1 Å². The second-order valence-corrected chi connectivity index (χ2v) is 8.59. The van der Waals surface area contributed by atoms with Gasteiger partial charge in [-0.2, -0.15) is 0 Å². The Balaban J connectivity index is 1.77. The molecule has 0 saturated carbocycles. The lowest BCUT2D eigenvalue weighted by Gasteiger charge is -2.13. The van der Waals surface area contributed by atoms with E-state index < -0.39 is 0 Å². The Bertz CT molecular complexity index is 1440. The molecule has 0 radical (unpaired) electrons. The van der Waals surface area contributed by atoms with Gasteiger partial charge < -0.3 is 13.9 Å². The molecule has 4 aromatic carbocycles. The molecule has 0 saturated heterocycles. The lowest BCUT2D eigenvalue weighted by molar-refractivity contribution is 0.414. The van der Waals surface area contributed by atoms with Crippen LogP contribution in [0.2, 0.25) is 0 Å². The van der Waals surface area contributed by atoms with E-state index in [1.807, 2.05) is 24.3 Å². The van der Waals surface area contributed by atoms with Crippen molar-refractivity contribution in [2.24, 2.45) is 0 Å². The van der Waals surface area contributed by atoms with Crippen molar-refractivity contribution >= 4 is 12.2 Å². The zero-order chi connectivity index (χ0) is 23.3. The van der Waals surface area contributed by atoms with E-state index in [0.29, 0.717) is 13.1 Å². The molecule has 168 valence electrons. The summed E-state index contributed by atoms with van der Waals surface area (Å²) in [5.74, 6) is 0.845. The van der Waals surface area contributed by atoms with Gasteiger partial charge in [0.25, 0.3) is 0 Å². The Morgan fingerprint density at radius 3 is 1.59 bits per heavy atom. The molecule has 34 heavy (non-hydrogen) atoms. The monoisotopic (exact) mass is 462 g/mol. The summed E-state index contributed by atoms with van der Waals surface area (Å²) in [5.41, 5.74) is 6.90. The van der Waals surface area contributed by atoms with E-state index in [2.05, 4.69) is 100 Å². The Kier molecular flexibility index (Phi) is 6.41. The van der Waals surface area contributed by atoms with E-state index in [1.165, 1.54) is 5.56 Å². The molecule has 1 heterocycles. The summed E-state index contributed by atoms with van der Waals surface area (Å²) in [5, 5.41) is 0. The zero-order valence-electron chi connectivity index (χ0n) is 19.1. The Morgan fingerprint density at radius 2 is 1.06 bits per heavy atom. The highest BCUT2D eigenvalue weighted by atomic mass is 32.1. The van der Waals surface area contributed by atoms with E-state index in [1.54, 1.807) is 7.11 Å². The molecule has 1 aromatic heterocycles. The van der Waals surface area contributed by atoms with Crippen LogP contribution in [0.1, 0.15) is 11.1 Å². The van der Waals surface area contributed by atoms with Crippen molar-refractivity contribution in [1.29, 1.82) is 0 Å². The Hall–Kier alpha value is -3.89. The summed E-state index contributed by atoms with van der Waals surface area (Å²) in [4.78, 5) is 0. The maximum Gasteiger partial charge on any atom is 0.181 e. The first-order valence-corrected chi connectivity index (χ1v) is 11.8. The van der Waals surface area contributed by atoms with E-state index in [-0.39, 0.29) is 0 Å². The summed E-state index contributed by atoms with van der Waals surface area (Å²) >= 11 is 6.15. The average Bonchev–Trinajstić information content (AvgIpc) is 3.16. The summed E-state index contributed by atoms with van der Waals surface area (Å²) < 4.78 is 10.8. The summed E-state index contributed by atoms with van der Waals surface area (Å²) in [7, 11) is 1.70. The molecule has 5 rings (SSSR count). The number of imidazole rings is 1. The molecule has 4 heteroatoms. The topological polar surface area (TPSA) is 19.1 Å². The predicted molar refractivity (Wildman–Crippen MR) is 142 cm³/mol. The van der Waals surface area contributed by atoms with Gasteiger partial charge in [0.2, 0.25) is 0 Å². The SMILES string of the molecule is COc1cccc(Cn2c(-c3ccccc3)c(-c3ccccc3)n(Cc3ccccc3)c2=S)c1. The highest BCUT2D eigenvalue weighted by Crippen LogP contribution is 2.35. The molecule has 0 aliphatic heterocycles. The van der Waals surface area contributed by atoms with Crippen LogP contribution in [0.4, 0.5) is 0 Å². The van der Waals surface area contributed by atoms with Gasteiger partial charge in [-0.05, 0) is 35.5 Å². The Labute approximate surface area is 205 Å². The lowest BCUT2D eigenvalue weighted by Crippen LogP contribution is -2.05. The van der Waals surface area contributed by atoms with Crippen molar-refractivity contribution in [1.82, 2.24) is 9.13 Å². The maximum absolute atomic E-state index is 6.15. The quantitative estimate of drug-likeness (QED) is 0.234. The fourth-order valence-electron chi connectivity index (χ4n) is 4.38. The van der Waals surface area contributed by atoms with Crippen molar-refractivity contribution in [3.63, 3.8) is 0 Å². The van der Waals surface area contributed by atoms with Crippen LogP contribution in [0.3, 0.4) is 0 Å². The molecule has 0 fully saturated rings. The first-order chi connectivity index (χ1) is 16.7. The third kappa shape index (κ3) is 4.45. The van der Waals surface area contributed by atoms with E-state index in [0.717, 1.165) is 38.6 Å². The summed E-state index contributed by atoms with van der Waals surface area (Å²) in [6, 6.07) is 39.8. The van der Waals surface area contributed by atoms with Gasteiger partial charge in [0.15, 0.2) is 4.77 Å². The average molecular weight is 463 g/mol. The van der Waals surface area contributed by atoms with Gasteiger partial charge in [-0.25, -0.2) is 0 Å². The lowest BCUT2D eigenvalue weighted by atomic mass is 10.0. The molecule has 0 spiro atoms. The minimum absolute atomic E-state index is 0.655. The van der Waals surface area contributed by atoms with Crippen LogP contribution in [-0.2, 0) is 13.1 Å². The van der Waals surface area contributed by atoms with Gasteiger partial charge in [-0.15, -0.1) is 0 Å². The molecule has 0 unspecified atom stereocenters. The minimum atomic E-state index is 0.655. The molecule has 0 atom stereocenters. The van der Waals surface area contributed by atoms with Crippen LogP contribution in [0, 0.1) is 4.77 Å². The molecule has 0 bridgehead atoms. The number of rotatable bonds is 7. The second-order valence-electron chi connectivity index (χ2n) is 8.22. The van der Waals surface area contributed by atoms with Crippen molar-refractivity contribution < 1.29 is 4.74 Å². The molecule has 0 aliphatic carbocycles. The molecule has 0 aliphatic rings. The van der Waals surface area contributed by atoms with Crippen LogP contribution >= 0.6 is 12.2 Å². The number of nitrogens with zero attached hydrogens (tertiary/aromatic N) is 2.